The van der Waals surface area contributed by atoms with Gasteiger partial charge in [-0.25, -0.2) is 13.1 Å². The average molecular weight is 371 g/mol. The lowest BCUT2D eigenvalue weighted by atomic mass is 10.1. The summed E-state index contributed by atoms with van der Waals surface area (Å²) >= 11 is 0. The van der Waals surface area contributed by atoms with Crippen molar-refractivity contribution in [2.24, 2.45) is 0 Å². The van der Waals surface area contributed by atoms with Gasteiger partial charge in [0.2, 0.25) is 10.0 Å². The van der Waals surface area contributed by atoms with Gasteiger partial charge >= 0.3 is 6.36 Å². The number of nitrogens with one attached hydrogen (secondary N) is 1. The molecule has 3 rings (SSSR count). The molecule has 0 heterocycles. The number of para-hydroxylation sites is 1. The standard InChI is InChI=1S/C16H12F3NO4S/c17-16(18,19)24-14-7-3-4-8-15(14)25(22,23)20-12-9-13(21)11-6-2-1-5-10(11)12/h1-8,12,20H,9H2. The number of alkyl halides is 3. The van der Waals surface area contributed by atoms with Gasteiger partial charge in [0.25, 0.3) is 0 Å². The first-order valence-electron chi connectivity index (χ1n) is 7.16. The molecular formula is C16H12F3NO4S. The van der Waals surface area contributed by atoms with Crippen LogP contribution in [0.5, 0.6) is 5.75 Å². The van der Waals surface area contributed by atoms with Gasteiger partial charge in [-0.1, -0.05) is 36.4 Å². The average Bonchev–Trinajstić information content (AvgIpc) is 2.82. The molecule has 0 saturated carbocycles. The third-order valence-corrected chi connectivity index (χ3v) is 5.20. The van der Waals surface area contributed by atoms with Gasteiger partial charge in [-0.15, -0.1) is 13.2 Å². The normalized spacial score (nSPS) is 17.4. The van der Waals surface area contributed by atoms with E-state index in [1.54, 1.807) is 24.3 Å². The molecule has 132 valence electrons. The van der Waals surface area contributed by atoms with Crippen LogP contribution in [-0.2, 0) is 10.0 Å². The summed E-state index contributed by atoms with van der Waals surface area (Å²) in [7, 11) is -4.34. The Morgan fingerprint density at radius 1 is 1.04 bits per heavy atom. The fourth-order valence-electron chi connectivity index (χ4n) is 2.70. The predicted molar refractivity (Wildman–Crippen MR) is 81.6 cm³/mol. The molecular weight excluding hydrogens is 359 g/mol. The first-order valence-corrected chi connectivity index (χ1v) is 8.65. The second-order valence-electron chi connectivity index (χ2n) is 5.38. The summed E-state index contributed by atoms with van der Waals surface area (Å²) in [5.74, 6) is -1.07. The molecule has 1 aliphatic carbocycles. The van der Waals surface area contributed by atoms with Crippen LogP contribution in [0.1, 0.15) is 28.4 Å². The van der Waals surface area contributed by atoms with E-state index in [0.29, 0.717) is 11.1 Å². The molecule has 2 aromatic rings. The minimum absolute atomic E-state index is 0.0964. The van der Waals surface area contributed by atoms with E-state index in [1.165, 1.54) is 12.1 Å². The zero-order valence-electron chi connectivity index (χ0n) is 12.6. The van der Waals surface area contributed by atoms with Crippen molar-refractivity contribution in [2.75, 3.05) is 0 Å². The SMILES string of the molecule is O=C1CC(NS(=O)(=O)c2ccccc2OC(F)(F)F)c2ccccc21. The number of carbonyl (C=O) groups is 1. The predicted octanol–water partition coefficient (Wildman–Crippen LogP) is 3.19. The van der Waals surface area contributed by atoms with Crippen LogP contribution in [-0.4, -0.2) is 20.6 Å². The summed E-state index contributed by atoms with van der Waals surface area (Å²) in [4.78, 5) is 11.3. The number of rotatable bonds is 4. The Morgan fingerprint density at radius 3 is 2.40 bits per heavy atom. The minimum atomic E-state index is -5.03. The van der Waals surface area contributed by atoms with Crippen LogP contribution in [0.25, 0.3) is 0 Å². The van der Waals surface area contributed by atoms with Crippen molar-refractivity contribution in [3.8, 4) is 5.75 Å². The Kier molecular flexibility index (Phi) is 4.29. The minimum Gasteiger partial charge on any atom is -0.404 e. The molecule has 0 aliphatic heterocycles. The lowest BCUT2D eigenvalue weighted by Crippen LogP contribution is -2.29. The monoisotopic (exact) mass is 371 g/mol. The Labute approximate surface area is 141 Å². The van der Waals surface area contributed by atoms with Crippen molar-refractivity contribution in [2.45, 2.75) is 23.7 Å². The first-order chi connectivity index (χ1) is 11.7. The topological polar surface area (TPSA) is 72.5 Å². The number of ether oxygens (including phenoxy) is 1. The van der Waals surface area contributed by atoms with Gasteiger partial charge in [0.1, 0.15) is 10.6 Å². The highest BCUT2D eigenvalue weighted by molar-refractivity contribution is 7.89. The molecule has 9 heteroatoms. The highest BCUT2D eigenvalue weighted by Gasteiger charge is 2.36. The molecule has 1 aliphatic rings. The molecule has 0 fully saturated rings. The smallest absolute Gasteiger partial charge is 0.404 e. The summed E-state index contributed by atoms with van der Waals surface area (Å²) in [5, 5.41) is 0. The molecule has 25 heavy (non-hydrogen) atoms. The maximum atomic E-state index is 12.5. The zero-order chi connectivity index (χ0) is 18.2. The third kappa shape index (κ3) is 3.67. The fourth-order valence-corrected chi connectivity index (χ4v) is 4.04. The molecule has 1 unspecified atom stereocenters. The Bertz CT molecular complexity index is 925. The fraction of sp³-hybridized carbons (Fsp3) is 0.188. The summed E-state index contributed by atoms with van der Waals surface area (Å²) in [6.45, 7) is 0. The van der Waals surface area contributed by atoms with Crippen LogP contribution in [0, 0.1) is 0 Å². The summed E-state index contributed by atoms with van der Waals surface area (Å²) in [5.41, 5.74) is 0.889. The largest absolute Gasteiger partial charge is 0.573 e. The lowest BCUT2D eigenvalue weighted by Gasteiger charge is -2.17. The second kappa shape index (κ2) is 6.16. The highest BCUT2D eigenvalue weighted by atomic mass is 32.2. The molecule has 1 atom stereocenters. The molecule has 0 bridgehead atoms. The van der Waals surface area contributed by atoms with Gasteiger partial charge in [-0.2, -0.15) is 0 Å². The Balaban J connectivity index is 1.93. The van der Waals surface area contributed by atoms with Crippen molar-refractivity contribution in [3.05, 3.63) is 59.7 Å². The Morgan fingerprint density at radius 2 is 1.68 bits per heavy atom. The van der Waals surface area contributed by atoms with Gasteiger partial charge in [0.15, 0.2) is 5.78 Å². The quantitative estimate of drug-likeness (QED) is 0.896. The molecule has 0 aromatic heterocycles. The molecule has 2 aromatic carbocycles. The molecule has 0 saturated heterocycles. The maximum absolute atomic E-state index is 12.5. The van der Waals surface area contributed by atoms with Gasteiger partial charge in [-0.3, -0.25) is 4.79 Å². The van der Waals surface area contributed by atoms with Crippen LogP contribution in [0.15, 0.2) is 53.4 Å². The molecule has 0 radical (unpaired) electrons. The highest BCUT2D eigenvalue weighted by Crippen LogP contribution is 2.34. The van der Waals surface area contributed by atoms with Crippen LogP contribution in [0.4, 0.5) is 13.2 Å². The number of Topliss-reactive ketones (excluding diaryl/α,β-unsaturated/α-hetero) is 1. The molecule has 0 amide bonds. The van der Waals surface area contributed by atoms with E-state index in [-0.39, 0.29) is 12.2 Å². The second-order valence-corrected chi connectivity index (χ2v) is 7.07. The van der Waals surface area contributed by atoms with Crippen LogP contribution < -0.4 is 9.46 Å². The van der Waals surface area contributed by atoms with E-state index in [1.807, 2.05) is 0 Å². The number of fused-ring (bicyclic) bond motifs is 1. The number of halogens is 3. The summed E-state index contributed by atoms with van der Waals surface area (Å²) in [6, 6.07) is 10.1. The third-order valence-electron chi connectivity index (χ3n) is 3.69. The number of hydrogen-bond acceptors (Lipinski definition) is 4. The van der Waals surface area contributed by atoms with Crippen LogP contribution in [0.3, 0.4) is 0 Å². The number of benzene rings is 2. The molecule has 0 spiro atoms. The summed E-state index contributed by atoms with van der Waals surface area (Å²) in [6.07, 6.45) is -5.12. The number of sulfonamides is 1. The van der Waals surface area contributed by atoms with Crippen molar-refractivity contribution in [3.63, 3.8) is 0 Å². The van der Waals surface area contributed by atoms with Crippen molar-refractivity contribution < 1.29 is 31.1 Å². The van der Waals surface area contributed by atoms with Crippen molar-refractivity contribution in [1.29, 1.82) is 0 Å². The number of carbonyl (C=O) groups excluding carboxylic acids is 1. The van der Waals surface area contributed by atoms with Crippen molar-refractivity contribution in [1.82, 2.24) is 4.72 Å². The van der Waals surface area contributed by atoms with Crippen LogP contribution >= 0.6 is 0 Å². The van der Waals surface area contributed by atoms with E-state index in [0.717, 1.165) is 12.1 Å². The van der Waals surface area contributed by atoms with E-state index in [4.69, 9.17) is 0 Å². The zero-order valence-corrected chi connectivity index (χ0v) is 13.4. The summed E-state index contributed by atoms with van der Waals surface area (Å²) < 4.78 is 68.6. The van der Waals surface area contributed by atoms with E-state index >= 15 is 0 Å². The van der Waals surface area contributed by atoms with Gasteiger partial charge in [-0.05, 0) is 17.7 Å². The maximum Gasteiger partial charge on any atom is 0.573 e. The first kappa shape index (κ1) is 17.4. The molecule has 1 N–H and O–H groups in total. The van der Waals surface area contributed by atoms with E-state index in [9.17, 15) is 26.4 Å². The number of hydrogen-bond donors (Lipinski definition) is 1. The van der Waals surface area contributed by atoms with Gasteiger partial charge in [0.05, 0.1) is 6.04 Å². The van der Waals surface area contributed by atoms with Crippen LogP contribution in [0.2, 0.25) is 0 Å². The van der Waals surface area contributed by atoms with Gasteiger partial charge in [0, 0.05) is 12.0 Å². The van der Waals surface area contributed by atoms with E-state index < -0.39 is 33.1 Å². The number of ketones is 1. The van der Waals surface area contributed by atoms with Gasteiger partial charge < -0.3 is 4.74 Å². The Hall–Kier alpha value is -2.39. The van der Waals surface area contributed by atoms with Crippen molar-refractivity contribution >= 4 is 15.8 Å². The van der Waals surface area contributed by atoms with E-state index in [2.05, 4.69) is 9.46 Å². The molecule has 5 nitrogen and oxygen atoms in total. The lowest BCUT2D eigenvalue weighted by molar-refractivity contribution is -0.275.